The van der Waals surface area contributed by atoms with Gasteiger partial charge in [-0.05, 0) is 150 Å². The number of esters is 1. The molecule has 3 aliphatic rings. The Balaban J connectivity index is 0.939. The van der Waals surface area contributed by atoms with Gasteiger partial charge in [0.05, 0.1) is 17.1 Å². The van der Waals surface area contributed by atoms with Gasteiger partial charge in [0, 0.05) is 11.6 Å². The summed E-state index contributed by atoms with van der Waals surface area (Å²) < 4.78 is 18.3. The second-order valence-electron chi connectivity index (χ2n) is 16.5. The number of benzene rings is 3. The van der Waals surface area contributed by atoms with Crippen LogP contribution in [0.3, 0.4) is 0 Å². The highest BCUT2D eigenvalue weighted by Gasteiger charge is 2.52. The van der Waals surface area contributed by atoms with E-state index in [1.165, 1.54) is 62.5 Å². The maximum absolute atomic E-state index is 13.2. The zero-order valence-corrected chi connectivity index (χ0v) is 31.8. The van der Waals surface area contributed by atoms with E-state index < -0.39 is 18.3 Å². The summed E-state index contributed by atoms with van der Waals surface area (Å²) in [5.74, 6) is 1.63. The van der Waals surface area contributed by atoms with E-state index in [0.29, 0.717) is 37.4 Å². The highest BCUT2D eigenvalue weighted by Crippen LogP contribution is 2.39. The Hall–Kier alpha value is -3.42. The van der Waals surface area contributed by atoms with Crippen LogP contribution in [0, 0.1) is 24.7 Å². The fraction of sp³-hybridized carbons (Fsp3) is 0.545. The first-order valence-electron chi connectivity index (χ1n) is 19.6. The highest BCUT2D eigenvalue weighted by molar-refractivity contribution is 6.62. The van der Waals surface area contributed by atoms with Crippen molar-refractivity contribution < 1.29 is 23.6 Å². The molecule has 0 bridgehead atoms. The van der Waals surface area contributed by atoms with E-state index in [9.17, 15) is 9.59 Å². The summed E-state index contributed by atoms with van der Waals surface area (Å²) in [5, 5.41) is 3.10. The van der Waals surface area contributed by atoms with Crippen molar-refractivity contribution in [2.75, 3.05) is 5.32 Å². The molecule has 1 saturated heterocycles. The molecule has 3 aromatic carbocycles. The number of anilines is 1. The normalized spacial score (nSPS) is 24.2. The number of rotatable bonds is 11. The van der Waals surface area contributed by atoms with Gasteiger partial charge in [0.2, 0.25) is 5.91 Å². The number of carbonyl (C=O) groups excluding carboxylic acids is 2. The first kappa shape index (κ1) is 37.3. The molecule has 2 aliphatic carbocycles. The van der Waals surface area contributed by atoms with Crippen LogP contribution < -0.4 is 15.5 Å². The lowest BCUT2D eigenvalue weighted by Gasteiger charge is -2.32. The van der Waals surface area contributed by atoms with E-state index in [1.54, 1.807) is 0 Å². The molecular weight excluding hydrogens is 633 g/mol. The molecule has 6 rings (SSSR count). The molecule has 0 spiro atoms. The maximum atomic E-state index is 13.2. The number of hydrogen-bond donors (Lipinski definition) is 1. The third-order valence-electron chi connectivity index (χ3n) is 12.3. The number of unbranched alkanes of at least 4 members (excludes halogenated alkanes) is 2. The molecule has 6 nitrogen and oxygen atoms in total. The number of hydrogen-bond acceptors (Lipinski definition) is 5. The van der Waals surface area contributed by atoms with Crippen LogP contribution in [0.4, 0.5) is 5.69 Å². The molecule has 1 N–H and O–H groups in total. The molecule has 1 aliphatic heterocycles. The van der Waals surface area contributed by atoms with Crippen molar-refractivity contribution in [1.82, 2.24) is 0 Å². The van der Waals surface area contributed by atoms with E-state index >= 15 is 0 Å². The number of nitrogens with one attached hydrogen (secondary N) is 1. The van der Waals surface area contributed by atoms with E-state index in [-0.39, 0.29) is 23.7 Å². The van der Waals surface area contributed by atoms with Crippen LogP contribution in [-0.2, 0) is 18.9 Å². The Morgan fingerprint density at radius 1 is 0.765 bits per heavy atom. The maximum Gasteiger partial charge on any atom is 0.495 e. The van der Waals surface area contributed by atoms with Crippen molar-refractivity contribution in [3.05, 3.63) is 77.9 Å². The Labute approximate surface area is 306 Å². The molecule has 0 unspecified atom stereocenters. The molecule has 51 heavy (non-hydrogen) atoms. The van der Waals surface area contributed by atoms with Gasteiger partial charge in [0.25, 0.3) is 0 Å². The van der Waals surface area contributed by atoms with Gasteiger partial charge in [-0.1, -0.05) is 75.1 Å². The van der Waals surface area contributed by atoms with E-state index in [1.807, 2.05) is 77.1 Å². The minimum atomic E-state index is -0.440. The van der Waals surface area contributed by atoms with Crippen LogP contribution >= 0.6 is 0 Å². The summed E-state index contributed by atoms with van der Waals surface area (Å²) >= 11 is 0. The molecule has 3 aromatic rings. The lowest BCUT2D eigenvalue weighted by Crippen LogP contribution is -2.41. The number of ether oxygens (including phenoxy) is 1. The van der Waals surface area contributed by atoms with Gasteiger partial charge >= 0.3 is 13.1 Å². The topological polar surface area (TPSA) is 73.9 Å². The second kappa shape index (κ2) is 16.1. The lowest BCUT2D eigenvalue weighted by molar-refractivity contribution is -0.141. The van der Waals surface area contributed by atoms with Crippen molar-refractivity contribution >= 4 is 30.1 Å². The zero-order chi connectivity index (χ0) is 36.2. The summed E-state index contributed by atoms with van der Waals surface area (Å²) in [6, 6.07) is 22.8. The fourth-order valence-corrected chi connectivity index (χ4v) is 8.15. The van der Waals surface area contributed by atoms with Gasteiger partial charge in [-0.3, -0.25) is 9.59 Å². The Morgan fingerprint density at radius 2 is 1.35 bits per heavy atom. The second-order valence-corrected chi connectivity index (χ2v) is 16.5. The van der Waals surface area contributed by atoms with E-state index in [4.69, 9.17) is 14.0 Å². The lowest BCUT2D eigenvalue weighted by atomic mass is 9.76. The van der Waals surface area contributed by atoms with Crippen molar-refractivity contribution in [1.29, 1.82) is 0 Å². The molecule has 1 heterocycles. The SMILES string of the molecule is CCCCC[C@H]1CC[C@H](c2ccc(-c3ccc(OC(=O)[C@H]4CC[C@H](C(=O)Nc5ccc(B6OC(C)(C)C(C)(C)O6)c(C)c5)CC4)cc3)cc2)CC1. The number of aryl methyl sites for hydroxylation is 1. The predicted octanol–water partition coefficient (Wildman–Crippen LogP) is 10.2. The molecule has 3 fully saturated rings. The predicted molar refractivity (Wildman–Crippen MR) is 207 cm³/mol. The Morgan fingerprint density at radius 3 is 1.94 bits per heavy atom. The van der Waals surface area contributed by atoms with E-state index in [0.717, 1.165) is 28.2 Å². The van der Waals surface area contributed by atoms with Crippen molar-refractivity contribution in [3.8, 4) is 16.9 Å². The summed E-state index contributed by atoms with van der Waals surface area (Å²) in [6.07, 6.45) is 13.4. The summed E-state index contributed by atoms with van der Waals surface area (Å²) in [5.41, 5.74) is 5.67. The van der Waals surface area contributed by atoms with Crippen LogP contribution in [0.15, 0.2) is 66.7 Å². The Bertz CT molecular complexity index is 1620. The standard InChI is InChI=1S/C44H58BNO5/c1-7-8-9-10-31-11-13-32(14-12-31)33-15-17-34(18-16-33)35-23-26-39(27-24-35)49-42(48)37-21-19-36(20-22-37)41(47)46-38-25-28-40(30(2)29-38)45-50-43(3,4)44(5,6)51-45/h15-18,23-29,31-32,36-37H,7-14,19-22H2,1-6H3,(H,46,47)/t31-,32-,36-,37-. The van der Waals surface area contributed by atoms with Crippen molar-refractivity contribution in [2.45, 2.75) is 136 Å². The molecule has 272 valence electrons. The molecule has 2 saturated carbocycles. The van der Waals surface area contributed by atoms with Gasteiger partial charge in [-0.15, -0.1) is 0 Å². The molecule has 1 amide bonds. The highest BCUT2D eigenvalue weighted by atomic mass is 16.7. The molecular formula is C44H58BNO5. The average Bonchev–Trinajstić information content (AvgIpc) is 3.34. The van der Waals surface area contributed by atoms with Gasteiger partial charge in [0.15, 0.2) is 0 Å². The third kappa shape index (κ3) is 8.97. The van der Waals surface area contributed by atoms with Gasteiger partial charge in [0.1, 0.15) is 5.75 Å². The van der Waals surface area contributed by atoms with Crippen LogP contribution in [0.1, 0.15) is 129 Å². The molecule has 0 aromatic heterocycles. The monoisotopic (exact) mass is 691 g/mol. The average molecular weight is 692 g/mol. The summed E-state index contributed by atoms with van der Waals surface area (Å²) in [4.78, 5) is 26.3. The van der Waals surface area contributed by atoms with Gasteiger partial charge in [-0.25, -0.2) is 0 Å². The third-order valence-corrected chi connectivity index (χ3v) is 12.3. The van der Waals surface area contributed by atoms with Crippen molar-refractivity contribution in [3.63, 3.8) is 0 Å². The minimum Gasteiger partial charge on any atom is -0.426 e. The van der Waals surface area contributed by atoms with E-state index in [2.05, 4.69) is 36.5 Å². The minimum absolute atomic E-state index is 0.00148. The van der Waals surface area contributed by atoms with Crippen LogP contribution in [0.5, 0.6) is 5.75 Å². The van der Waals surface area contributed by atoms with Crippen LogP contribution in [0.2, 0.25) is 0 Å². The molecule has 0 radical (unpaired) electrons. The first-order valence-corrected chi connectivity index (χ1v) is 19.6. The fourth-order valence-electron chi connectivity index (χ4n) is 8.15. The van der Waals surface area contributed by atoms with Gasteiger partial charge in [-0.2, -0.15) is 0 Å². The number of amides is 1. The summed E-state index contributed by atoms with van der Waals surface area (Å²) in [6.45, 7) is 12.5. The summed E-state index contributed by atoms with van der Waals surface area (Å²) in [7, 11) is -0.440. The van der Waals surface area contributed by atoms with Crippen molar-refractivity contribution in [2.24, 2.45) is 17.8 Å². The molecule has 7 heteroatoms. The Kier molecular flexibility index (Phi) is 11.8. The quantitative estimate of drug-likeness (QED) is 0.0938. The number of carbonyl (C=O) groups is 2. The largest absolute Gasteiger partial charge is 0.495 e. The van der Waals surface area contributed by atoms with Gasteiger partial charge < -0.3 is 19.4 Å². The first-order chi connectivity index (χ1) is 24.4. The van der Waals surface area contributed by atoms with Crippen LogP contribution in [0.25, 0.3) is 11.1 Å². The zero-order valence-electron chi connectivity index (χ0n) is 31.8. The smallest absolute Gasteiger partial charge is 0.426 e. The molecule has 0 atom stereocenters. The van der Waals surface area contributed by atoms with Crippen LogP contribution in [-0.4, -0.2) is 30.2 Å².